The average Bonchev–Trinajstić information content (AvgIpc) is 2.16. The Hall–Kier alpha value is -1.51. The molecule has 1 aliphatic rings. The zero-order chi connectivity index (χ0) is 10.1. The van der Waals surface area contributed by atoms with E-state index in [4.69, 9.17) is 5.11 Å². The zero-order valence-corrected chi connectivity index (χ0v) is 7.73. The number of carboxylic acid groups (broad SMARTS) is 1. The third kappa shape index (κ3) is 1.58. The number of aryl methyl sites for hydroxylation is 1. The van der Waals surface area contributed by atoms with Gasteiger partial charge in [0.25, 0.3) is 0 Å². The molecule has 0 bridgehead atoms. The van der Waals surface area contributed by atoms with Gasteiger partial charge in [0.2, 0.25) is 0 Å². The van der Waals surface area contributed by atoms with Gasteiger partial charge in [0, 0.05) is 0 Å². The Labute approximate surface area is 82.0 Å². The third-order valence-corrected chi connectivity index (χ3v) is 2.77. The van der Waals surface area contributed by atoms with Gasteiger partial charge in [-0.2, -0.15) is 0 Å². The molecule has 1 aliphatic carbocycles. The number of hydrogen-bond acceptors (Lipinski definition) is 2. The van der Waals surface area contributed by atoms with E-state index < -0.39 is 5.97 Å². The minimum Gasteiger partial charge on any atom is -0.508 e. The first-order valence-electron chi connectivity index (χ1n) is 4.70. The van der Waals surface area contributed by atoms with Crippen molar-refractivity contribution in [1.29, 1.82) is 0 Å². The van der Waals surface area contributed by atoms with Crippen molar-refractivity contribution in [1.82, 2.24) is 0 Å². The number of fused-ring (bicyclic) bond motifs is 1. The van der Waals surface area contributed by atoms with Crippen LogP contribution in [0.15, 0.2) is 18.2 Å². The van der Waals surface area contributed by atoms with Crippen molar-refractivity contribution in [3.63, 3.8) is 0 Å². The van der Waals surface area contributed by atoms with Crippen molar-refractivity contribution in [2.45, 2.75) is 19.3 Å². The van der Waals surface area contributed by atoms with Crippen molar-refractivity contribution in [2.24, 2.45) is 5.92 Å². The second-order valence-corrected chi connectivity index (χ2v) is 3.73. The number of rotatable bonds is 1. The molecule has 0 unspecified atom stereocenters. The minimum atomic E-state index is -0.737. The molecule has 0 heterocycles. The molecule has 1 atom stereocenters. The van der Waals surface area contributed by atoms with Crippen LogP contribution < -0.4 is 0 Å². The molecule has 3 nitrogen and oxygen atoms in total. The predicted octanol–water partition coefficient (Wildman–Crippen LogP) is 1.58. The molecule has 0 saturated carbocycles. The van der Waals surface area contributed by atoms with Crippen LogP contribution in [-0.2, 0) is 17.6 Å². The van der Waals surface area contributed by atoms with Crippen LogP contribution >= 0.6 is 0 Å². The number of phenolic OH excluding ortho intramolecular Hbond substituents is 1. The van der Waals surface area contributed by atoms with E-state index in [1.165, 1.54) is 5.56 Å². The highest BCUT2D eigenvalue weighted by Gasteiger charge is 2.24. The number of aromatic hydroxyl groups is 1. The number of benzene rings is 1. The maximum atomic E-state index is 10.8. The molecule has 0 amide bonds. The van der Waals surface area contributed by atoms with E-state index in [0.29, 0.717) is 12.8 Å². The summed E-state index contributed by atoms with van der Waals surface area (Å²) in [7, 11) is 0. The van der Waals surface area contributed by atoms with Crippen LogP contribution in [0.3, 0.4) is 0 Å². The van der Waals surface area contributed by atoms with Gasteiger partial charge >= 0.3 is 5.97 Å². The highest BCUT2D eigenvalue weighted by atomic mass is 16.4. The van der Waals surface area contributed by atoms with Gasteiger partial charge in [-0.1, -0.05) is 6.07 Å². The van der Waals surface area contributed by atoms with Crippen LogP contribution in [0, 0.1) is 5.92 Å². The van der Waals surface area contributed by atoms with Crippen LogP contribution in [0.5, 0.6) is 5.75 Å². The second-order valence-electron chi connectivity index (χ2n) is 3.73. The summed E-state index contributed by atoms with van der Waals surface area (Å²) >= 11 is 0. The summed E-state index contributed by atoms with van der Waals surface area (Å²) in [5.74, 6) is -0.807. The predicted molar refractivity (Wildman–Crippen MR) is 51.3 cm³/mol. The summed E-state index contributed by atoms with van der Waals surface area (Å²) in [6.07, 6.45) is 2.04. The maximum absolute atomic E-state index is 10.8. The molecule has 14 heavy (non-hydrogen) atoms. The lowest BCUT2D eigenvalue weighted by Crippen LogP contribution is -2.21. The molecule has 0 fully saturated rings. The lowest BCUT2D eigenvalue weighted by atomic mass is 9.84. The van der Waals surface area contributed by atoms with Gasteiger partial charge < -0.3 is 10.2 Å². The van der Waals surface area contributed by atoms with Crippen molar-refractivity contribution in [2.75, 3.05) is 0 Å². The largest absolute Gasteiger partial charge is 0.508 e. The maximum Gasteiger partial charge on any atom is 0.306 e. The van der Waals surface area contributed by atoms with Gasteiger partial charge in [-0.15, -0.1) is 0 Å². The normalized spacial score (nSPS) is 20.1. The highest BCUT2D eigenvalue weighted by Crippen LogP contribution is 2.28. The van der Waals surface area contributed by atoms with Crippen molar-refractivity contribution in [3.8, 4) is 5.75 Å². The molecule has 2 rings (SSSR count). The third-order valence-electron chi connectivity index (χ3n) is 2.77. The summed E-state index contributed by atoms with van der Waals surface area (Å²) in [6.45, 7) is 0. The van der Waals surface area contributed by atoms with Crippen LogP contribution in [-0.4, -0.2) is 16.2 Å². The van der Waals surface area contributed by atoms with Crippen LogP contribution in [0.4, 0.5) is 0 Å². The van der Waals surface area contributed by atoms with Crippen molar-refractivity contribution >= 4 is 5.97 Å². The quantitative estimate of drug-likeness (QED) is 0.710. The first kappa shape index (κ1) is 9.06. The lowest BCUT2D eigenvalue weighted by molar-refractivity contribution is -0.142. The van der Waals surface area contributed by atoms with Crippen LogP contribution in [0.1, 0.15) is 17.5 Å². The van der Waals surface area contributed by atoms with Gasteiger partial charge in [-0.3, -0.25) is 4.79 Å². The number of hydrogen-bond donors (Lipinski definition) is 2. The molecule has 1 aromatic rings. The van der Waals surface area contributed by atoms with Gasteiger partial charge in [0.1, 0.15) is 5.75 Å². The van der Waals surface area contributed by atoms with Gasteiger partial charge in [-0.25, -0.2) is 0 Å². The van der Waals surface area contributed by atoms with E-state index in [0.717, 1.165) is 12.0 Å². The fraction of sp³-hybridized carbons (Fsp3) is 0.364. The number of carboxylic acids is 1. The SMILES string of the molecule is O=C(O)[C@H]1CCc2ccc(O)cc2C1. The van der Waals surface area contributed by atoms with E-state index in [9.17, 15) is 9.90 Å². The Morgan fingerprint density at radius 1 is 1.36 bits per heavy atom. The molecule has 0 spiro atoms. The fourth-order valence-corrected chi connectivity index (χ4v) is 1.95. The van der Waals surface area contributed by atoms with Crippen LogP contribution in [0.2, 0.25) is 0 Å². The first-order valence-corrected chi connectivity index (χ1v) is 4.70. The molecule has 0 radical (unpaired) electrons. The summed E-state index contributed by atoms with van der Waals surface area (Å²) < 4.78 is 0. The zero-order valence-electron chi connectivity index (χ0n) is 7.73. The molecule has 3 heteroatoms. The molecular formula is C11H12O3. The van der Waals surface area contributed by atoms with E-state index in [1.807, 2.05) is 6.07 Å². The Morgan fingerprint density at radius 2 is 2.14 bits per heavy atom. The monoisotopic (exact) mass is 192 g/mol. The van der Waals surface area contributed by atoms with E-state index >= 15 is 0 Å². The minimum absolute atomic E-state index is 0.217. The Bertz CT molecular complexity index is 371. The summed E-state index contributed by atoms with van der Waals surface area (Å²) in [4.78, 5) is 10.8. The second kappa shape index (κ2) is 3.33. The average molecular weight is 192 g/mol. The van der Waals surface area contributed by atoms with Crippen LogP contribution in [0.25, 0.3) is 0 Å². The smallest absolute Gasteiger partial charge is 0.306 e. The molecule has 74 valence electrons. The molecule has 2 N–H and O–H groups in total. The fourth-order valence-electron chi connectivity index (χ4n) is 1.95. The number of phenols is 1. The summed E-state index contributed by atoms with van der Waals surface area (Å²) in [5, 5.41) is 18.1. The Morgan fingerprint density at radius 3 is 2.86 bits per heavy atom. The first-order chi connectivity index (χ1) is 6.66. The van der Waals surface area contributed by atoms with E-state index in [2.05, 4.69) is 0 Å². The molecule has 1 aromatic carbocycles. The van der Waals surface area contributed by atoms with Gasteiger partial charge in [0.15, 0.2) is 0 Å². The molecular weight excluding hydrogens is 180 g/mol. The number of carbonyl (C=O) groups is 1. The Balaban J connectivity index is 2.29. The highest BCUT2D eigenvalue weighted by molar-refractivity contribution is 5.71. The Kier molecular flexibility index (Phi) is 2.15. The topological polar surface area (TPSA) is 57.5 Å². The summed E-state index contributed by atoms with van der Waals surface area (Å²) in [5.41, 5.74) is 2.14. The van der Waals surface area contributed by atoms with E-state index in [1.54, 1.807) is 12.1 Å². The lowest BCUT2D eigenvalue weighted by Gasteiger charge is -2.21. The number of aliphatic carboxylic acids is 1. The molecule has 0 saturated heterocycles. The van der Waals surface area contributed by atoms with E-state index in [-0.39, 0.29) is 11.7 Å². The standard InChI is InChI=1S/C11H12O3/c12-10-4-3-7-1-2-8(11(13)14)5-9(7)6-10/h3-4,6,8,12H,1-2,5H2,(H,13,14)/t8-/m0/s1. The van der Waals surface area contributed by atoms with Gasteiger partial charge in [0.05, 0.1) is 5.92 Å². The van der Waals surface area contributed by atoms with Crippen molar-refractivity contribution < 1.29 is 15.0 Å². The molecule has 0 aliphatic heterocycles. The van der Waals surface area contributed by atoms with Gasteiger partial charge in [-0.05, 0) is 42.5 Å². The van der Waals surface area contributed by atoms with Crippen molar-refractivity contribution in [3.05, 3.63) is 29.3 Å². The molecule has 0 aromatic heterocycles. The summed E-state index contributed by atoms with van der Waals surface area (Å²) in [6, 6.07) is 5.20.